The zero-order chi connectivity index (χ0) is 15.5. The molecule has 0 bridgehead atoms. The summed E-state index contributed by atoms with van der Waals surface area (Å²) in [5.74, 6) is -0.860. The molecule has 0 spiro atoms. The average molecular weight is 305 g/mol. The number of nitrogens with zero attached hydrogens (tertiary/aromatic N) is 1. The largest absolute Gasteiger partial charge is 0.396 e. The Kier molecular flexibility index (Phi) is 4.10. The number of rotatable bonds is 4. The van der Waals surface area contributed by atoms with Gasteiger partial charge >= 0.3 is 0 Å². The predicted octanol–water partition coefficient (Wildman–Crippen LogP) is 2.22. The minimum Gasteiger partial charge on any atom is -0.396 e. The smallest absolute Gasteiger partial charge is 0.236 e. The minimum absolute atomic E-state index is 0.131. The van der Waals surface area contributed by atoms with Crippen LogP contribution in [0, 0.1) is 17.1 Å². The van der Waals surface area contributed by atoms with Gasteiger partial charge in [0.2, 0.25) is 10.0 Å². The Bertz CT molecular complexity index is 796. The molecular formula is C14H12FN3O2S. The Hall–Kier alpha value is -2.59. The summed E-state index contributed by atoms with van der Waals surface area (Å²) in [5, 5.41) is 8.68. The van der Waals surface area contributed by atoms with Gasteiger partial charge in [-0.3, -0.25) is 4.72 Å². The van der Waals surface area contributed by atoms with Gasteiger partial charge < -0.3 is 5.73 Å². The third-order valence-corrected chi connectivity index (χ3v) is 3.97. The van der Waals surface area contributed by atoms with Gasteiger partial charge in [-0.25, -0.2) is 12.8 Å². The fourth-order valence-electron chi connectivity index (χ4n) is 1.72. The summed E-state index contributed by atoms with van der Waals surface area (Å²) in [6.07, 6.45) is 0. The quantitative estimate of drug-likeness (QED) is 0.846. The molecule has 0 aromatic heterocycles. The summed E-state index contributed by atoms with van der Waals surface area (Å²) in [5.41, 5.74) is 6.44. The van der Waals surface area contributed by atoms with E-state index >= 15 is 0 Å². The van der Waals surface area contributed by atoms with Crippen LogP contribution in [0.1, 0.15) is 11.1 Å². The molecule has 0 heterocycles. The minimum atomic E-state index is -3.65. The second kappa shape index (κ2) is 5.81. The number of hydrogen-bond acceptors (Lipinski definition) is 4. The lowest BCUT2D eigenvalue weighted by molar-refractivity contribution is 0.600. The van der Waals surface area contributed by atoms with E-state index in [4.69, 9.17) is 11.0 Å². The molecule has 0 saturated heterocycles. The summed E-state index contributed by atoms with van der Waals surface area (Å²) in [6, 6.07) is 11.8. The number of halogens is 1. The molecule has 2 rings (SSSR count). The van der Waals surface area contributed by atoms with Crippen LogP contribution in [0.3, 0.4) is 0 Å². The molecule has 0 radical (unpaired) electrons. The first-order valence-corrected chi connectivity index (χ1v) is 7.59. The van der Waals surface area contributed by atoms with Crippen molar-refractivity contribution in [2.45, 2.75) is 5.75 Å². The summed E-state index contributed by atoms with van der Waals surface area (Å²) in [4.78, 5) is 0. The maximum Gasteiger partial charge on any atom is 0.236 e. The van der Waals surface area contributed by atoms with Gasteiger partial charge in [-0.1, -0.05) is 12.1 Å². The van der Waals surface area contributed by atoms with Gasteiger partial charge in [-0.15, -0.1) is 0 Å². The fraction of sp³-hybridized carbons (Fsp3) is 0.0714. The van der Waals surface area contributed by atoms with E-state index < -0.39 is 15.8 Å². The summed E-state index contributed by atoms with van der Waals surface area (Å²) in [7, 11) is -3.65. The lowest BCUT2D eigenvalue weighted by Crippen LogP contribution is -2.15. The van der Waals surface area contributed by atoms with Crippen LogP contribution in [-0.4, -0.2) is 8.42 Å². The van der Waals surface area contributed by atoms with Gasteiger partial charge in [-0.05, 0) is 35.9 Å². The van der Waals surface area contributed by atoms with E-state index in [0.717, 1.165) is 6.07 Å². The first kappa shape index (κ1) is 14.8. The Morgan fingerprint density at radius 2 is 1.86 bits per heavy atom. The molecule has 21 heavy (non-hydrogen) atoms. The van der Waals surface area contributed by atoms with Crippen molar-refractivity contribution < 1.29 is 12.8 Å². The average Bonchev–Trinajstić information content (AvgIpc) is 2.43. The third-order valence-electron chi connectivity index (χ3n) is 2.71. The van der Waals surface area contributed by atoms with Crippen LogP contribution in [0.2, 0.25) is 0 Å². The number of benzene rings is 2. The molecule has 0 aliphatic heterocycles. The topological polar surface area (TPSA) is 96.0 Å². The van der Waals surface area contributed by atoms with Crippen molar-refractivity contribution >= 4 is 21.4 Å². The maximum atomic E-state index is 13.0. The Morgan fingerprint density at radius 1 is 1.19 bits per heavy atom. The molecule has 3 N–H and O–H groups in total. The highest BCUT2D eigenvalue weighted by Crippen LogP contribution is 2.18. The normalized spacial score (nSPS) is 10.9. The molecule has 0 amide bonds. The Balaban J connectivity index is 2.14. The van der Waals surface area contributed by atoms with Crippen LogP contribution in [0.15, 0.2) is 42.5 Å². The van der Waals surface area contributed by atoms with E-state index in [9.17, 15) is 12.8 Å². The monoisotopic (exact) mass is 305 g/mol. The van der Waals surface area contributed by atoms with Crippen molar-refractivity contribution in [3.63, 3.8) is 0 Å². The third kappa shape index (κ3) is 3.94. The molecule has 0 fully saturated rings. The SMILES string of the molecule is N#Cc1ccc(CS(=O)(=O)Nc2ccc(F)c(N)c2)cc1. The highest BCUT2D eigenvalue weighted by atomic mass is 32.2. The second-order valence-electron chi connectivity index (χ2n) is 4.41. The number of nitriles is 1. The molecule has 0 aliphatic rings. The first-order chi connectivity index (χ1) is 9.89. The highest BCUT2D eigenvalue weighted by molar-refractivity contribution is 7.91. The summed E-state index contributed by atoms with van der Waals surface area (Å²) in [6.45, 7) is 0. The van der Waals surface area contributed by atoms with Crippen molar-refractivity contribution in [2.24, 2.45) is 0 Å². The zero-order valence-corrected chi connectivity index (χ0v) is 11.7. The van der Waals surface area contributed by atoms with E-state index in [2.05, 4.69) is 4.72 Å². The highest BCUT2D eigenvalue weighted by Gasteiger charge is 2.12. The number of nitrogens with two attached hydrogens (primary N) is 1. The Labute approximate surface area is 121 Å². The van der Waals surface area contributed by atoms with E-state index in [1.807, 2.05) is 6.07 Å². The van der Waals surface area contributed by atoms with Crippen LogP contribution in [0.25, 0.3) is 0 Å². The molecule has 0 atom stereocenters. The molecule has 0 saturated carbocycles. The van der Waals surface area contributed by atoms with Crippen molar-refractivity contribution in [3.8, 4) is 6.07 Å². The second-order valence-corrected chi connectivity index (χ2v) is 6.13. The number of anilines is 2. The molecule has 5 nitrogen and oxygen atoms in total. The van der Waals surface area contributed by atoms with Crippen LogP contribution < -0.4 is 10.5 Å². The van der Waals surface area contributed by atoms with Gasteiger partial charge in [0.05, 0.1) is 28.8 Å². The molecular weight excluding hydrogens is 293 g/mol. The Morgan fingerprint density at radius 3 is 2.43 bits per heavy atom. The van der Waals surface area contributed by atoms with Crippen molar-refractivity contribution in [2.75, 3.05) is 10.5 Å². The van der Waals surface area contributed by atoms with Crippen molar-refractivity contribution in [1.29, 1.82) is 5.26 Å². The summed E-state index contributed by atoms with van der Waals surface area (Å²) < 4.78 is 39.4. The van der Waals surface area contributed by atoms with E-state index in [1.54, 1.807) is 24.3 Å². The molecule has 0 unspecified atom stereocenters. The first-order valence-electron chi connectivity index (χ1n) is 5.94. The van der Waals surface area contributed by atoms with Gasteiger partial charge in [0.15, 0.2) is 0 Å². The van der Waals surface area contributed by atoms with Crippen molar-refractivity contribution in [3.05, 3.63) is 59.4 Å². The van der Waals surface area contributed by atoms with Crippen LogP contribution in [0.4, 0.5) is 15.8 Å². The van der Waals surface area contributed by atoms with E-state index in [-0.39, 0.29) is 17.1 Å². The lowest BCUT2D eigenvalue weighted by atomic mass is 10.2. The van der Waals surface area contributed by atoms with Gasteiger partial charge in [0, 0.05) is 0 Å². The molecule has 108 valence electrons. The number of nitrogens with one attached hydrogen (secondary N) is 1. The molecule has 7 heteroatoms. The molecule has 2 aromatic carbocycles. The molecule has 0 aliphatic carbocycles. The summed E-state index contributed by atoms with van der Waals surface area (Å²) >= 11 is 0. The lowest BCUT2D eigenvalue weighted by Gasteiger charge is -2.09. The van der Waals surface area contributed by atoms with Crippen LogP contribution in [0.5, 0.6) is 0 Å². The maximum absolute atomic E-state index is 13.0. The number of nitrogen functional groups attached to an aromatic ring is 1. The van der Waals surface area contributed by atoms with Crippen molar-refractivity contribution in [1.82, 2.24) is 0 Å². The van der Waals surface area contributed by atoms with Gasteiger partial charge in [0.1, 0.15) is 5.82 Å². The van der Waals surface area contributed by atoms with E-state index in [1.165, 1.54) is 12.1 Å². The standard InChI is InChI=1S/C14H12FN3O2S/c15-13-6-5-12(7-14(13)17)18-21(19,20)9-11-3-1-10(8-16)2-4-11/h1-7,18H,9,17H2. The number of hydrogen-bond donors (Lipinski definition) is 2. The van der Waals surface area contributed by atoms with Crippen LogP contribution in [-0.2, 0) is 15.8 Å². The van der Waals surface area contributed by atoms with Crippen LogP contribution >= 0.6 is 0 Å². The predicted molar refractivity (Wildman–Crippen MR) is 78.2 cm³/mol. The van der Waals surface area contributed by atoms with E-state index in [0.29, 0.717) is 11.1 Å². The number of sulfonamides is 1. The molecule has 2 aromatic rings. The fourth-order valence-corrected chi connectivity index (χ4v) is 2.91. The zero-order valence-electron chi connectivity index (χ0n) is 10.9. The van der Waals surface area contributed by atoms with Gasteiger partial charge in [0.25, 0.3) is 0 Å². The van der Waals surface area contributed by atoms with Gasteiger partial charge in [-0.2, -0.15) is 5.26 Å².